The number of carboxylic acids is 4. The number of ether oxygens (including phenoxy) is 1. The van der Waals surface area contributed by atoms with Crippen LogP contribution in [0.1, 0.15) is 12.8 Å². The molecule has 0 aromatic rings. The van der Waals surface area contributed by atoms with Gasteiger partial charge in [-0.2, -0.15) is 0 Å². The standard InChI is InChI=1S/C22H39N5O10/c1-37-13-4-23-18(28)3-2-17(22(35)36)27-11-9-25(15-20(31)32)7-5-24(14-19(29)30)6-8-26(10-12-27)16-21(33)34/h17H,2-16H2,1H3,(H,23,28)(H,29,30)(H,31,32)(H,33,34)(H,35,36). The molecule has 1 atom stereocenters. The molecular formula is C22H39N5O10. The highest BCUT2D eigenvalue weighted by Crippen LogP contribution is 2.10. The van der Waals surface area contributed by atoms with Crippen LogP contribution in [0.3, 0.4) is 0 Å². The molecule has 0 aliphatic carbocycles. The molecule has 15 heteroatoms. The Labute approximate surface area is 215 Å². The van der Waals surface area contributed by atoms with Crippen molar-refractivity contribution in [3.8, 4) is 0 Å². The van der Waals surface area contributed by atoms with Gasteiger partial charge in [-0.1, -0.05) is 0 Å². The summed E-state index contributed by atoms with van der Waals surface area (Å²) in [6, 6.07) is -1.04. The predicted molar refractivity (Wildman–Crippen MR) is 129 cm³/mol. The highest BCUT2D eigenvalue weighted by molar-refractivity contribution is 5.78. The van der Waals surface area contributed by atoms with Crippen molar-refractivity contribution in [1.29, 1.82) is 0 Å². The van der Waals surface area contributed by atoms with Crippen molar-refractivity contribution in [3.05, 3.63) is 0 Å². The van der Waals surface area contributed by atoms with E-state index < -0.39 is 29.9 Å². The number of aliphatic carboxylic acids is 4. The zero-order chi connectivity index (χ0) is 27.8. The molecule has 0 spiro atoms. The monoisotopic (exact) mass is 533 g/mol. The molecule has 0 radical (unpaired) electrons. The summed E-state index contributed by atoms with van der Waals surface area (Å²) in [6.07, 6.45) is -0.0303. The van der Waals surface area contributed by atoms with Gasteiger partial charge in [-0.3, -0.25) is 43.6 Å². The lowest BCUT2D eigenvalue weighted by Crippen LogP contribution is -2.52. The van der Waals surface area contributed by atoms with Crippen molar-refractivity contribution >= 4 is 29.8 Å². The molecule has 15 nitrogen and oxygen atoms in total. The van der Waals surface area contributed by atoms with E-state index in [1.807, 2.05) is 0 Å². The maximum Gasteiger partial charge on any atom is 0.320 e. The fourth-order valence-corrected chi connectivity index (χ4v) is 4.02. The molecule has 1 rings (SSSR count). The number of nitrogens with one attached hydrogen (secondary N) is 1. The highest BCUT2D eigenvalue weighted by atomic mass is 16.5. The Morgan fingerprint density at radius 2 is 1.14 bits per heavy atom. The van der Waals surface area contributed by atoms with Crippen LogP contribution in [0.4, 0.5) is 0 Å². The SMILES string of the molecule is COCCNC(=O)CCC(C(=O)O)N1CCN(CC(=O)O)CCN(CC(=O)O)CCN(CC(=O)O)CC1. The van der Waals surface area contributed by atoms with Gasteiger partial charge in [0.15, 0.2) is 0 Å². The zero-order valence-corrected chi connectivity index (χ0v) is 21.2. The van der Waals surface area contributed by atoms with E-state index in [4.69, 9.17) is 4.74 Å². The minimum absolute atomic E-state index is 0.0123. The second kappa shape index (κ2) is 17.6. The minimum Gasteiger partial charge on any atom is -0.480 e. The lowest BCUT2D eigenvalue weighted by Gasteiger charge is -2.35. The van der Waals surface area contributed by atoms with Crippen molar-refractivity contribution in [3.63, 3.8) is 0 Å². The maximum absolute atomic E-state index is 12.1. The van der Waals surface area contributed by atoms with Gasteiger partial charge < -0.3 is 30.5 Å². The van der Waals surface area contributed by atoms with Gasteiger partial charge >= 0.3 is 23.9 Å². The van der Waals surface area contributed by atoms with E-state index >= 15 is 0 Å². The number of amides is 1. The number of carbonyl (C=O) groups excluding carboxylic acids is 1. The Morgan fingerprint density at radius 1 is 0.730 bits per heavy atom. The molecule has 0 saturated carbocycles. The van der Waals surface area contributed by atoms with Gasteiger partial charge in [0.05, 0.1) is 26.2 Å². The minimum atomic E-state index is -1.14. The fourth-order valence-electron chi connectivity index (χ4n) is 4.02. The number of rotatable bonds is 14. The molecule has 0 aromatic heterocycles. The Morgan fingerprint density at radius 3 is 1.49 bits per heavy atom. The largest absolute Gasteiger partial charge is 0.480 e. The molecule has 1 saturated heterocycles. The summed E-state index contributed by atoms with van der Waals surface area (Å²) < 4.78 is 4.88. The van der Waals surface area contributed by atoms with Crippen molar-refractivity contribution in [2.45, 2.75) is 18.9 Å². The van der Waals surface area contributed by atoms with Crippen LogP contribution in [0.5, 0.6) is 0 Å². The molecule has 1 heterocycles. The van der Waals surface area contributed by atoms with Crippen LogP contribution in [0.2, 0.25) is 0 Å². The number of hydrogen-bond acceptors (Lipinski definition) is 10. The van der Waals surface area contributed by atoms with Crippen LogP contribution in [0.25, 0.3) is 0 Å². The molecule has 1 aliphatic rings. The number of hydrogen-bond donors (Lipinski definition) is 5. The fraction of sp³-hybridized carbons (Fsp3) is 0.773. The van der Waals surface area contributed by atoms with Gasteiger partial charge in [0.1, 0.15) is 6.04 Å². The van der Waals surface area contributed by atoms with E-state index in [0.29, 0.717) is 13.2 Å². The van der Waals surface area contributed by atoms with Crippen LogP contribution in [0.15, 0.2) is 0 Å². The van der Waals surface area contributed by atoms with Gasteiger partial charge in [0.2, 0.25) is 5.91 Å². The van der Waals surface area contributed by atoms with Crippen molar-refractivity contribution in [1.82, 2.24) is 24.9 Å². The first-order valence-corrected chi connectivity index (χ1v) is 12.1. The third-order valence-electron chi connectivity index (χ3n) is 5.95. The van der Waals surface area contributed by atoms with Crippen LogP contribution in [0, 0.1) is 0 Å². The van der Waals surface area contributed by atoms with E-state index in [9.17, 15) is 44.4 Å². The summed E-state index contributed by atoms with van der Waals surface area (Å²) in [6.45, 7) is 1.37. The van der Waals surface area contributed by atoms with Gasteiger partial charge in [-0.25, -0.2) is 0 Å². The quantitative estimate of drug-likeness (QED) is 0.146. The second-order valence-corrected chi connectivity index (χ2v) is 8.78. The second-order valence-electron chi connectivity index (χ2n) is 8.78. The Hall–Kier alpha value is -2.85. The summed E-state index contributed by atoms with van der Waals surface area (Å²) in [5.41, 5.74) is 0. The number of methoxy groups -OCH3 is 1. The summed E-state index contributed by atoms with van der Waals surface area (Å²) in [5.74, 6) is -4.66. The normalized spacial score (nSPS) is 18.3. The van der Waals surface area contributed by atoms with Crippen molar-refractivity contribution < 1.29 is 49.1 Å². The molecule has 37 heavy (non-hydrogen) atoms. The third-order valence-corrected chi connectivity index (χ3v) is 5.95. The van der Waals surface area contributed by atoms with E-state index in [0.717, 1.165) is 0 Å². The van der Waals surface area contributed by atoms with Crippen molar-refractivity contribution in [2.75, 3.05) is 92.3 Å². The Balaban J connectivity index is 3.06. The first-order valence-electron chi connectivity index (χ1n) is 12.1. The molecular weight excluding hydrogens is 494 g/mol. The topological polar surface area (TPSA) is 200 Å². The summed E-state index contributed by atoms with van der Waals surface area (Å²) in [4.78, 5) is 64.8. The molecule has 1 fully saturated rings. The number of carbonyl (C=O) groups is 5. The van der Waals surface area contributed by atoms with Crippen LogP contribution < -0.4 is 5.32 Å². The predicted octanol–water partition coefficient (Wildman–Crippen LogP) is -2.54. The maximum atomic E-state index is 12.1. The first kappa shape index (κ1) is 32.2. The lowest BCUT2D eigenvalue weighted by atomic mass is 10.1. The molecule has 5 N–H and O–H groups in total. The van der Waals surface area contributed by atoms with Gasteiger partial charge in [-0.15, -0.1) is 0 Å². The first-order chi connectivity index (χ1) is 17.5. The van der Waals surface area contributed by atoms with E-state index in [2.05, 4.69) is 5.32 Å². The van der Waals surface area contributed by atoms with Gasteiger partial charge in [0.25, 0.3) is 0 Å². The van der Waals surface area contributed by atoms with Crippen LogP contribution in [-0.2, 0) is 28.7 Å². The Bertz CT molecular complexity index is 736. The average Bonchev–Trinajstić information content (AvgIpc) is 2.79. The average molecular weight is 534 g/mol. The smallest absolute Gasteiger partial charge is 0.320 e. The molecule has 0 bridgehead atoms. The summed E-state index contributed by atoms with van der Waals surface area (Å²) >= 11 is 0. The van der Waals surface area contributed by atoms with Gasteiger partial charge in [-0.05, 0) is 6.42 Å². The van der Waals surface area contributed by atoms with Crippen LogP contribution in [-0.4, -0.2) is 168 Å². The summed E-state index contributed by atoms with van der Waals surface area (Å²) in [7, 11) is 1.49. The van der Waals surface area contributed by atoms with Crippen LogP contribution >= 0.6 is 0 Å². The molecule has 1 unspecified atom stereocenters. The third kappa shape index (κ3) is 14.5. The molecule has 1 aliphatic heterocycles. The van der Waals surface area contributed by atoms with Crippen molar-refractivity contribution in [2.24, 2.45) is 0 Å². The molecule has 0 aromatic carbocycles. The number of carboxylic acid groups (broad SMARTS) is 4. The van der Waals surface area contributed by atoms with Gasteiger partial charge in [0, 0.05) is 72.4 Å². The van der Waals surface area contributed by atoms with E-state index in [-0.39, 0.29) is 90.7 Å². The molecule has 212 valence electrons. The zero-order valence-electron chi connectivity index (χ0n) is 21.2. The highest BCUT2D eigenvalue weighted by Gasteiger charge is 2.28. The Kier molecular flexibility index (Phi) is 15.3. The molecule has 1 amide bonds. The van der Waals surface area contributed by atoms with E-state index in [1.54, 1.807) is 19.6 Å². The number of nitrogens with zero attached hydrogens (tertiary/aromatic N) is 4. The van der Waals surface area contributed by atoms with E-state index in [1.165, 1.54) is 7.11 Å². The summed E-state index contributed by atoms with van der Waals surface area (Å²) in [5, 5.41) is 40.4. The lowest BCUT2D eigenvalue weighted by molar-refractivity contribution is -0.145.